The van der Waals surface area contributed by atoms with Crippen LogP contribution in [0.2, 0.25) is 0 Å². The van der Waals surface area contributed by atoms with Crippen molar-refractivity contribution in [3.8, 4) is 0 Å². The maximum atomic E-state index is 12.2. The highest BCUT2D eigenvalue weighted by Crippen LogP contribution is 2.16. The van der Waals surface area contributed by atoms with Crippen molar-refractivity contribution in [2.75, 3.05) is 10.6 Å². The largest absolute Gasteiger partial charge is 0.350 e. The van der Waals surface area contributed by atoms with Crippen LogP contribution in [0.25, 0.3) is 0 Å². The molecule has 2 aromatic carbocycles. The number of rotatable bonds is 5. The van der Waals surface area contributed by atoms with E-state index in [2.05, 4.69) is 36.5 Å². The minimum absolute atomic E-state index is 0.247. The van der Waals surface area contributed by atoms with Crippen molar-refractivity contribution in [1.29, 1.82) is 0 Å². The highest BCUT2D eigenvalue weighted by Gasteiger charge is 2.08. The summed E-state index contributed by atoms with van der Waals surface area (Å²) in [5, 5.41) is 5.93. The van der Waals surface area contributed by atoms with Crippen LogP contribution in [0, 0.1) is 0 Å². The maximum absolute atomic E-state index is 12.2. The number of nitrogens with one attached hydrogen (secondary N) is 2. The third-order valence-electron chi connectivity index (χ3n) is 3.29. The van der Waals surface area contributed by atoms with Crippen LogP contribution in [-0.2, 0) is 6.54 Å². The van der Waals surface area contributed by atoms with Crippen LogP contribution in [0.15, 0.2) is 71.5 Å². The first-order chi connectivity index (χ1) is 11.7. The van der Waals surface area contributed by atoms with Crippen LogP contribution in [0.5, 0.6) is 0 Å². The number of carbonyl (C=O) groups excluding carboxylic acids is 1. The van der Waals surface area contributed by atoms with Crippen LogP contribution in [0.1, 0.15) is 15.9 Å². The van der Waals surface area contributed by atoms with E-state index in [0.29, 0.717) is 23.7 Å². The van der Waals surface area contributed by atoms with E-state index in [-0.39, 0.29) is 5.91 Å². The molecule has 0 unspecified atom stereocenters. The molecule has 120 valence electrons. The Bertz CT molecular complexity index is 822. The second-order valence-electron chi connectivity index (χ2n) is 5.10. The summed E-state index contributed by atoms with van der Waals surface area (Å²) in [4.78, 5) is 20.6. The van der Waals surface area contributed by atoms with E-state index in [4.69, 9.17) is 0 Å². The lowest BCUT2D eigenvalue weighted by Crippen LogP contribution is -2.13. The molecule has 6 heteroatoms. The topological polar surface area (TPSA) is 66.9 Å². The van der Waals surface area contributed by atoms with E-state index in [1.807, 2.05) is 54.6 Å². The van der Waals surface area contributed by atoms with Gasteiger partial charge < -0.3 is 10.6 Å². The fourth-order valence-corrected chi connectivity index (χ4v) is 2.48. The molecule has 0 radical (unpaired) electrons. The molecule has 3 rings (SSSR count). The molecule has 0 bridgehead atoms. The Balaban J connectivity index is 1.60. The highest BCUT2D eigenvalue weighted by molar-refractivity contribution is 9.10. The van der Waals surface area contributed by atoms with Crippen molar-refractivity contribution in [1.82, 2.24) is 9.97 Å². The zero-order chi connectivity index (χ0) is 16.8. The van der Waals surface area contributed by atoms with Gasteiger partial charge in [-0.1, -0.05) is 52.3 Å². The summed E-state index contributed by atoms with van der Waals surface area (Å²) in [7, 11) is 0. The van der Waals surface area contributed by atoms with Crippen molar-refractivity contribution in [3.05, 3.63) is 82.6 Å². The SMILES string of the molecule is O=C(Nc1cccc(Br)c1)c1cnc(NCc2ccccc2)nc1. The van der Waals surface area contributed by atoms with Crippen molar-refractivity contribution >= 4 is 33.5 Å². The first kappa shape index (κ1) is 16.1. The number of nitrogens with zero attached hydrogens (tertiary/aromatic N) is 2. The summed E-state index contributed by atoms with van der Waals surface area (Å²) >= 11 is 3.37. The number of benzene rings is 2. The fourth-order valence-electron chi connectivity index (χ4n) is 2.08. The molecule has 0 saturated heterocycles. The molecule has 5 nitrogen and oxygen atoms in total. The third kappa shape index (κ3) is 4.39. The molecular weight excluding hydrogens is 368 g/mol. The second-order valence-corrected chi connectivity index (χ2v) is 6.01. The van der Waals surface area contributed by atoms with Gasteiger partial charge in [0.2, 0.25) is 5.95 Å². The minimum Gasteiger partial charge on any atom is -0.350 e. The standard InChI is InChI=1S/C18H15BrN4O/c19-15-7-4-8-16(9-15)23-17(24)14-11-21-18(22-12-14)20-10-13-5-2-1-3-6-13/h1-9,11-12H,10H2,(H,23,24)(H,20,21,22). The molecule has 3 aromatic rings. The minimum atomic E-state index is -0.247. The summed E-state index contributed by atoms with van der Waals surface area (Å²) in [6.45, 7) is 0.629. The van der Waals surface area contributed by atoms with Crippen LogP contribution in [-0.4, -0.2) is 15.9 Å². The first-order valence-electron chi connectivity index (χ1n) is 7.37. The van der Waals surface area contributed by atoms with E-state index in [1.54, 1.807) is 0 Å². The van der Waals surface area contributed by atoms with Gasteiger partial charge in [-0.3, -0.25) is 4.79 Å². The molecular formula is C18H15BrN4O. The number of hydrogen-bond acceptors (Lipinski definition) is 4. The number of halogens is 1. The van der Waals surface area contributed by atoms with Gasteiger partial charge in [-0.05, 0) is 23.8 Å². The van der Waals surface area contributed by atoms with Gasteiger partial charge in [-0.25, -0.2) is 9.97 Å². The van der Waals surface area contributed by atoms with E-state index in [0.717, 1.165) is 10.0 Å². The quantitative estimate of drug-likeness (QED) is 0.696. The lowest BCUT2D eigenvalue weighted by molar-refractivity contribution is 0.102. The molecule has 24 heavy (non-hydrogen) atoms. The highest BCUT2D eigenvalue weighted by atomic mass is 79.9. The molecule has 0 aliphatic heterocycles. The maximum Gasteiger partial charge on any atom is 0.258 e. The average molecular weight is 383 g/mol. The van der Waals surface area contributed by atoms with Crippen LogP contribution in [0.4, 0.5) is 11.6 Å². The van der Waals surface area contributed by atoms with E-state index >= 15 is 0 Å². The Morgan fingerprint density at radius 1 is 1.00 bits per heavy atom. The van der Waals surface area contributed by atoms with Gasteiger partial charge in [0.15, 0.2) is 0 Å². The van der Waals surface area contributed by atoms with Crippen molar-refractivity contribution < 1.29 is 4.79 Å². The normalized spacial score (nSPS) is 10.2. The third-order valence-corrected chi connectivity index (χ3v) is 3.78. The average Bonchev–Trinajstić information content (AvgIpc) is 2.61. The molecule has 0 atom stereocenters. The van der Waals surface area contributed by atoms with Crippen LogP contribution < -0.4 is 10.6 Å². The molecule has 0 spiro atoms. The Morgan fingerprint density at radius 2 is 1.75 bits per heavy atom. The summed E-state index contributed by atoms with van der Waals surface area (Å²) in [5.74, 6) is 0.237. The zero-order valence-corrected chi connectivity index (χ0v) is 14.3. The Hall–Kier alpha value is -2.73. The summed E-state index contributed by atoms with van der Waals surface area (Å²) < 4.78 is 0.900. The monoisotopic (exact) mass is 382 g/mol. The number of aromatic nitrogens is 2. The van der Waals surface area contributed by atoms with Gasteiger partial charge in [0.05, 0.1) is 5.56 Å². The van der Waals surface area contributed by atoms with Gasteiger partial charge in [-0.2, -0.15) is 0 Å². The molecule has 1 aromatic heterocycles. The molecule has 0 fully saturated rings. The summed E-state index contributed by atoms with van der Waals surface area (Å²) in [6.07, 6.45) is 3.02. The van der Waals surface area contributed by atoms with Gasteiger partial charge >= 0.3 is 0 Å². The smallest absolute Gasteiger partial charge is 0.258 e. The predicted octanol–water partition coefficient (Wildman–Crippen LogP) is 4.10. The molecule has 2 N–H and O–H groups in total. The molecule has 0 aliphatic carbocycles. The van der Waals surface area contributed by atoms with Crippen LogP contribution in [0.3, 0.4) is 0 Å². The van der Waals surface area contributed by atoms with Crippen molar-refractivity contribution in [3.63, 3.8) is 0 Å². The van der Waals surface area contributed by atoms with E-state index in [1.165, 1.54) is 12.4 Å². The molecule has 0 aliphatic rings. The Labute approximate surface area is 148 Å². The lowest BCUT2D eigenvalue weighted by atomic mass is 10.2. The Kier molecular flexibility index (Phi) is 5.18. The van der Waals surface area contributed by atoms with Crippen molar-refractivity contribution in [2.45, 2.75) is 6.54 Å². The zero-order valence-electron chi connectivity index (χ0n) is 12.7. The number of amides is 1. The van der Waals surface area contributed by atoms with E-state index in [9.17, 15) is 4.79 Å². The van der Waals surface area contributed by atoms with Gasteiger partial charge in [-0.15, -0.1) is 0 Å². The number of hydrogen-bond donors (Lipinski definition) is 2. The van der Waals surface area contributed by atoms with Crippen LogP contribution >= 0.6 is 15.9 Å². The molecule has 0 saturated carbocycles. The number of anilines is 2. The first-order valence-corrected chi connectivity index (χ1v) is 8.17. The molecule has 1 amide bonds. The fraction of sp³-hybridized carbons (Fsp3) is 0.0556. The summed E-state index contributed by atoms with van der Waals surface area (Å²) in [5.41, 5.74) is 2.25. The second kappa shape index (κ2) is 7.70. The van der Waals surface area contributed by atoms with Gasteiger partial charge in [0.25, 0.3) is 5.91 Å². The predicted molar refractivity (Wildman–Crippen MR) is 97.9 cm³/mol. The molecule has 1 heterocycles. The summed E-state index contributed by atoms with van der Waals surface area (Å²) in [6, 6.07) is 17.4. The Morgan fingerprint density at radius 3 is 2.46 bits per heavy atom. The van der Waals surface area contributed by atoms with Gasteiger partial charge in [0.1, 0.15) is 0 Å². The number of carbonyl (C=O) groups is 1. The lowest BCUT2D eigenvalue weighted by Gasteiger charge is -2.07. The van der Waals surface area contributed by atoms with Gasteiger partial charge in [0, 0.05) is 29.1 Å². The van der Waals surface area contributed by atoms with Crippen molar-refractivity contribution in [2.24, 2.45) is 0 Å². The van der Waals surface area contributed by atoms with E-state index < -0.39 is 0 Å².